The minimum atomic E-state index is -3.51. The fourth-order valence-electron chi connectivity index (χ4n) is 3.34. The van der Waals surface area contributed by atoms with E-state index in [1.807, 2.05) is 24.3 Å². The zero-order chi connectivity index (χ0) is 21.5. The van der Waals surface area contributed by atoms with Crippen LogP contribution in [0.4, 0.5) is 5.69 Å². The van der Waals surface area contributed by atoms with Gasteiger partial charge < -0.3 is 9.64 Å². The molecule has 0 N–H and O–H groups in total. The Hall–Kier alpha value is -2.75. The lowest BCUT2D eigenvalue weighted by atomic mass is 10.2. The average molecular weight is 444 g/mol. The highest BCUT2D eigenvalue weighted by molar-refractivity contribution is 7.89. The van der Waals surface area contributed by atoms with Crippen molar-refractivity contribution in [3.05, 3.63) is 59.1 Å². The lowest BCUT2D eigenvalue weighted by Gasteiger charge is -2.17. The average Bonchev–Trinajstić information content (AvgIpc) is 3.40. The van der Waals surface area contributed by atoms with Gasteiger partial charge in [-0.15, -0.1) is 11.3 Å². The van der Waals surface area contributed by atoms with Crippen molar-refractivity contribution in [1.29, 1.82) is 0 Å². The molecule has 0 radical (unpaired) electrons. The third-order valence-corrected chi connectivity index (χ3v) is 7.73. The highest BCUT2D eigenvalue weighted by atomic mass is 32.2. The van der Waals surface area contributed by atoms with E-state index in [0.717, 1.165) is 27.6 Å². The van der Waals surface area contributed by atoms with Gasteiger partial charge in [-0.1, -0.05) is 0 Å². The predicted molar refractivity (Wildman–Crippen MR) is 117 cm³/mol. The number of fused-ring (bicyclic) bond motifs is 1. The number of hydrogen-bond donors (Lipinski definition) is 0. The molecule has 156 valence electrons. The second kappa shape index (κ2) is 7.82. The fraction of sp³-hybridized carbons (Fsp3) is 0.238. The van der Waals surface area contributed by atoms with Crippen molar-refractivity contribution in [2.24, 2.45) is 0 Å². The number of carbonyl (C=O) groups excluding carboxylic acids is 1. The number of hydrogen-bond acceptors (Lipinski definition) is 6. The van der Waals surface area contributed by atoms with E-state index < -0.39 is 10.0 Å². The summed E-state index contributed by atoms with van der Waals surface area (Å²) in [5, 5.41) is 2.51. The van der Waals surface area contributed by atoms with Crippen LogP contribution >= 0.6 is 11.3 Å². The number of ether oxygens (including phenoxy) is 1. The summed E-state index contributed by atoms with van der Waals surface area (Å²) in [5.41, 5.74) is 2.87. The molecule has 30 heavy (non-hydrogen) atoms. The zero-order valence-electron chi connectivity index (χ0n) is 16.8. The number of rotatable bonds is 5. The number of benzene rings is 2. The summed E-state index contributed by atoms with van der Waals surface area (Å²) in [7, 11) is 1.10. The minimum absolute atomic E-state index is 0.187. The maximum atomic E-state index is 13.1. The van der Waals surface area contributed by atoms with E-state index >= 15 is 0 Å². The van der Waals surface area contributed by atoms with E-state index in [-0.39, 0.29) is 10.8 Å². The molecular weight excluding hydrogens is 422 g/mol. The van der Waals surface area contributed by atoms with Crippen molar-refractivity contribution >= 4 is 33.0 Å². The molecule has 0 bridgehead atoms. The van der Waals surface area contributed by atoms with Crippen molar-refractivity contribution in [2.75, 3.05) is 32.6 Å². The van der Waals surface area contributed by atoms with E-state index in [1.165, 1.54) is 29.7 Å². The van der Waals surface area contributed by atoms with Crippen LogP contribution in [-0.4, -0.2) is 51.4 Å². The highest BCUT2D eigenvalue weighted by Crippen LogP contribution is 2.33. The molecule has 4 rings (SSSR count). The van der Waals surface area contributed by atoms with Gasteiger partial charge in [-0.05, 0) is 54.4 Å². The van der Waals surface area contributed by atoms with Gasteiger partial charge >= 0.3 is 0 Å². The van der Waals surface area contributed by atoms with Gasteiger partial charge in [0.25, 0.3) is 5.91 Å². The monoisotopic (exact) mass is 443 g/mol. The van der Waals surface area contributed by atoms with Crippen LogP contribution in [0.15, 0.2) is 52.7 Å². The lowest BCUT2D eigenvalue weighted by molar-refractivity contribution is 0.0985. The summed E-state index contributed by atoms with van der Waals surface area (Å²) in [6, 6.07) is 12.4. The van der Waals surface area contributed by atoms with Crippen molar-refractivity contribution in [3.8, 4) is 16.3 Å². The first-order chi connectivity index (χ1) is 14.3. The second-order valence-electron chi connectivity index (χ2n) is 7.05. The summed E-state index contributed by atoms with van der Waals surface area (Å²) >= 11 is 1.41. The van der Waals surface area contributed by atoms with Gasteiger partial charge in [0.15, 0.2) is 0 Å². The van der Waals surface area contributed by atoms with Crippen LogP contribution in [-0.2, 0) is 16.4 Å². The molecule has 2 heterocycles. The topological polar surface area (TPSA) is 79.8 Å². The second-order valence-corrected chi connectivity index (χ2v) is 10.1. The molecule has 0 spiro atoms. The molecule has 2 aromatic carbocycles. The molecule has 1 aliphatic heterocycles. The van der Waals surface area contributed by atoms with Crippen LogP contribution < -0.4 is 9.64 Å². The zero-order valence-corrected chi connectivity index (χ0v) is 18.5. The van der Waals surface area contributed by atoms with E-state index in [4.69, 9.17) is 4.74 Å². The highest BCUT2D eigenvalue weighted by Gasteiger charge is 2.29. The molecule has 0 unspecified atom stereocenters. The Morgan fingerprint density at radius 2 is 1.90 bits per heavy atom. The number of carbonyl (C=O) groups is 1. The van der Waals surface area contributed by atoms with Crippen molar-refractivity contribution in [2.45, 2.75) is 11.3 Å². The molecule has 9 heteroatoms. The summed E-state index contributed by atoms with van der Waals surface area (Å²) in [6.07, 6.45) is 0.605. The van der Waals surface area contributed by atoms with E-state index in [1.54, 1.807) is 35.6 Å². The largest absolute Gasteiger partial charge is 0.497 e. The summed E-state index contributed by atoms with van der Waals surface area (Å²) < 4.78 is 31.1. The maximum Gasteiger partial charge on any atom is 0.277 e. The third-order valence-electron chi connectivity index (χ3n) is 5.03. The Morgan fingerprint density at radius 3 is 2.57 bits per heavy atom. The van der Waals surface area contributed by atoms with Crippen LogP contribution in [0.3, 0.4) is 0 Å². The van der Waals surface area contributed by atoms with Gasteiger partial charge in [0.2, 0.25) is 10.0 Å². The van der Waals surface area contributed by atoms with Gasteiger partial charge in [0.1, 0.15) is 16.5 Å². The van der Waals surface area contributed by atoms with Crippen LogP contribution in [0.2, 0.25) is 0 Å². The number of aromatic nitrogens is 1. The fourth-order valence-corrected chi connectivity index (χ4v) is 5.09. The number of anilines is 1. The molecule has 0 atom stereocenters. The predicted octanol–water partition coefficient (Wildman–Crippen LogP) is 3.27. The molecule has 0 saturated carbocycles. The van der Waals surface area contributed by atoms with E-state index in [0.29, 0.717) is 18.7 Å². The number of amides is 1. The van der Waals surface area contributed by atoms with Crippen LogP contribution in [0.5, 0.6) is 5.75 Å². The first-order valence-corrected chi connectivity index (χ1v) is 11.6. The Kier molecular flexibility index (Phi) is 5.35. The van der Waals surface area contributed by atoms with E-state index in [2.05, 4.69) is 4.98 Å². The first-order valence-electron chi connectivity index (χ1n) is 9.28. The Morgan fingerprint density at radius 1 is 1.17 bits per heavy atom. The quantitative estimate of drug-likeness (QED) is 0.605. The molecule has 0 aliphatic carbocycles. The molecule has 0 fully saturated rings. The van der Waals surface area contributed by atoms with Crippen LogP contribution in [0, 0.1) is 0 Å². The molecule has 1 aliphatic rings. The SMILES string of the molecule is COc1ccc(-c2nc(C(=O)N3CCc4cc(S(=O)(=O)N(C)C)ccc43)cs2)cc1. The molecule has 1 aromatic heterocycles. The number of nitrogens with zero attached hydrogens (tertiary/aromatic N) is 3. The Labute approximate surface area is 179 Å². The first kappa shape index (κ1) is 20.5. The van der Waals surface area contributed by atoms with Crippen molar-refractivity contribution in [3.63, 3.8) is 0 Å². The lowest BCUT2D eigenvalue weighted by Crippen LogP contribution is -2.29. The smallest absolute Gasteiger partial charge is 0.277 e. The number of methoxy groups -OCH3 is 1. The molecule has 0 saturated heterocycles. The van der Waals surface area contributed by atoms with Gasteiger partial charge in [0.05, 0.1) is 12.0 Å². The van der Waals surface area contributed by atoms with Crippen molar-refractivity contribution < 1.29 is 17.9 Å². The molecular formula is C21H21N3O4S2. The normalized spacial score (nSPS) is 13.5. The molecule has 7 nitrogen and oxygen atoms in total. The number of thiazole rings is 1. The molecule has 3 aromatic rings. The van der Waals surface area contributed by atoms with Crippen LogP contribution in [0.25, 0.3) is 10.6 Å². The summed E-state index contributed by atoms with van der Waals surface area (Å²) in [4.78, 5) is 19.5. The molecule has 1 amide bonds. The van der Waals surface area contributed by atoms with Gasteiger partial charge in [-0.3, -0.25) is 4.79 Å². The van der Waals surface area contributed by atoms with Gasteiger partial charge in [0, 0.05) is 37.3 Å². The van der Waals surface area contributed by atoms with E-state index in [9.17, 15) is 13.2 Å². The van der Waals surface area contributed by atoms with Crippen molar-refractivity contribution in [1.82, 2.24) is 9.29 Å². The minimum Gasteiger partial charge on any atom is -0.497 e. The standard InChI is InChI=1S/C21H21N3O4S2/c1-23(2)30(26,27)17-8-9-19-15(12-17)10-11-24(19)21(25)18-13-29-20(22-18)14-4-6-16(28-3)7-5-14/h4-9,12-13H,10-11H2,1-3H3. The summed E-state index contributed by atoms with van der Waals surface area (Å²) in [6.45, 7) is 0.495. The van der Waals surface area contributed by atoms with Gasteiger partial charge in [-0.25, -0.2) is 17.7 Å². The maximum absolute atomic E-state index is 13.1. The Balaban J connectivity index is 1.58. The van der Waals surface area contributed by atoms with Gasteiger partial charge in [-0.2, -0.15) is 0 Å². The summed E-state index contributed by atoms with van der Waals surface area (Å²) in [5.74, 6) is 0.573. The number of sulfonamides is 1. The third kappa shape index (κ3) is 3.60. The van der Waals surface area contributed by atoms with Crippen LogP contribution in [0.1, 0.15) is 16.1 Å². The Bertz CT molecular complexity index is 1200.